The first-order valence-corrected chi connectivity index (χ1v) is 13.2. The van der Waals surface area contributed by atoms with Crippen LogP contribution in [0.1, 0.15) is 0 Å². The third-order valence-corrected chi connectivity index (χ3v) is 7.55. The highest BCUT2D eigenvalue weighted by Crippen LogP contribution is 2.34. The van der Waals surface area contributed by atoms with Gasteiger partial charge in [0.1, 0.15) is 17.0 Å². The Morgan fingerprint density at radius 1 is 0.450 bits per heavy atom. The zero-order valence-corrected chi connectivity index (χ0v) is 21.3. The Morgan fingerprint density at radius 2 is 0.975 bits per heavy atom. The van der Waals surface area contributed by atoms with Crippen LogP contribution in [-0.2, 0) is 0 Å². The Labute approximate surface area is 229 Å². The molecule has 5 aromatic carbocycles. The molecule has 0 aliphatic rings. The second kappa shape index (κ2) is 8.85. The van der Waals surface area contributed by atoms with Gasteiger partial charge in [0.25, 0.3) is 0 Å². The Balaban J connectivity index is 1.19. The number of nitrogens with zero attached hydrogens (tertiary/aromatic N) is 2. The van der Waals surface area contributed by atoms with Gasteiger partial charge in [-0.2, -0.15) is 0 Å². The lowest BCUT2D eigenvalue weighted by Crippen LogP contribution is -1.91. The molecular weight excluding hydrogens is 495 g/mol. The average Bonchev–Trinajstić information content (AvgIpc) is 3.39. The number of rotatable bonds is 3. The fraction of sp³-hybridized carbons (Fsp3) is 0. The summed E-state index contributed by atoms with van der Waals surface area (Å²) in [6, 6.07) is 41.7. The molecule has 40 heavy (non-hydrogen) atoms. The fourth-order valence-corrected chi connectivity index (χ4v) is 5.45. The number of fused-ring (bicyclic) bond motifs is 6. The lowest BCUT2D eigenvalue weighted by molar-refractivity contribution is 0.628. The number of benzene rings is 5. The molecular formula is C36H21FN2O. The molecule has 0 bridgehead atoms. The summed E-state index contributed by atoms with van der Waals surface area (Å²) in [5, 5.41) is 4.28. The molecule has 0 radical (unpaired) electrons. The Morgan fingerprint density at radius 3 is 1.65 bits per heavy atom. The highest BCUT2D eigenvalue weighted by Gasteiger charge is 2.11. The number of para-hydroxylation sites is 1. The first-order chi connectivity index (χ1) is 19.7. The van der Waals surface area contributed by atoms with Crippen LogP contribution in [0, 0.1) is 5.82 Å². The summed E-state index contributed by atoms with van der Waals surface area (Å²) >= 11 is 0. The number of aromatic nitrogens is 2. The standard InChI is InChI=1S/C36H21FN2O/c37-28-16-11-24(12-17-28)32-19-14-26-10-9-25-13-18-31(38-35(25)36(26)39-32)23-7-5-22(6-8-23)27-15-20-34-30(21-27)29-3-1-2-4-33(29)40-34/h1-21H. The fourth-order valence-electron chi connectivity index (χ4n) is 5.45. The van der Waals surface area contributed by atoms with Crippen molar-refractivity contribution in [2.45, 2.75) is 0 Å². The van der Waals surface area contributed by atoms with Crippen molar-refractivity contribution in [3.05, 3.63) is 133 Å². The van der Waals surface area contributed by atoms with Gasteiger partial charge in [-0.3, -0.25) is 0 Å². The molecule has 0 saturated carbocycles. The van der Waals surface area contributed by atoms with Crippen molar-refractivity contribution in [2.75, 3.05) is 0 Å². The molecule has 8 aromatic rings. The Kier molecular flexibility index (Phi) is 5.01. The monoisotopic (exact) mass is 516 g/mol. The van der Waals surface area contributed by atoms with Gasteiger partial charge < -0.3 is 4.42 Å². The quantitative estimate of drug-likeness (QED) is 0.219. The molecule has 188 valence electrons. The highest BCUT2D eigenvalue weighted by molar-refractivity contribution is 6.06. The normalized spacial score (nSPS) is 11.6. The van der Waals surface area contributed by atoms with Crippen LogP contribution in [0.15, 0.2) is 132 Å². The van der Waals surface area contributed by atoms with Gasteiger partial charge in [0.05, 0.1) is 22.4 Å². The molecule has 0 atom stereocenters. The van der Waals surface area contributed by atoms with Crippen LogP contribution in [-0.4, -0.2) is 9.97 Å². The van der Waals surface area contributed by atoms with E-state index in [0.29, 0.717) is 0 Å². The number of furan rings is 1. The average molecular weight is 517 g/mol. The molecule has 0 aliphatic heterocycles. The van der Waals surface area contributed by atoms with E-state index >= 15 is 0 Å². The van der Waals surface area contributed by atoms with Crippen molar-refractivity contribution in [1.29, 1.82) is 0 Å². The molecule has 0 fully saturated rings. The topological polar surface area (TPSA) is 38.9 Å². The van der Waals surface area contributed by atoms with Crippen molar-refractivity contribution in [1.82, 2.24) is 9.97 Å². The van der Waals surface area contributed by atoms with E-state index in [9.17, 15) is 4.39 Å². The van der Waals surface area contributed by atoms with E-state index in [0.717, 1.165) is 77.4 Å². The summed E-state index contributed by atoms with van der Waals surface area (Å²) in [6.07, 6.45) is 0. The number of hydrogen-bond donors (Lipinski definition) is 0. The zero-order valence-electron chi connectivity index (χ0n) is 21.3. The number of hydrogen-bond acceptors (Lipinski definition) is 3. The van der Waals surface area contributed by atoms with E-state index in [1.54, 1.807) is 12.1 Å². The van der Waals surface area contributed by atoms with Crippen LogP contribution in [0.5, 0.6) is 0 Å². The SMILES string of the molecule is Fc1ccc(-c2ccc3ccc4ccc(-c5ccc(-c6ccc7oc8ccccc8c7c6)cc5)nc4c3n2)cc1. The first-order valence-electron chi connectivity index (χ1n) is 13.2. The molecule has 8 rings (SSSR count). The van der Waals surface area contributed by atoms with Gasteiger partial charge in [0, 0.05) is 32.7 Å². The Bertz CT molecular complexity index is 2210. The van der Waals surface area contributed by atoms with Gasteiger partial charge in [-0.1, -0.05) is 72.8 Å². The predicted molar refractivity (Wildman–Crippen MR) is 161 cm³/mol. The van der Waals surface area contributed by atoms with E-state index in [1.165, 1.54) is 12.1 Å². The van der Waals surface area contributed by atoms with Crippen LogP contribution in [0.4, 0.5) is 4.39 Å². The molecule has 3 heterocycles. The maximum absolute atomic E-state index is 13.5. The second-order valence-electron chi connectivity index (χ2n) is 10.00. The highest BCUT2D eigenvalue weighted by atomic mass is 19.1. The van der Waals surface area contributed by atoms with Crippen LogP contribution in [0.25, 0.3) is 77.4 Å². The lowest BCUT2D eigenvalue weighted by Gasteiger charge is -2.09. The van der Waals surface area contributed by atoms with E-state index in [4.69, 9.17) is 14.4 Å². The molecule has 3 aromatic heterocycles. The van der Waals surface area contributed by atoms with Gasteiger partial charge >= 0.3 is 0 Å². The van der Waals surface area contributed by atoms with Crippen LogP contribution < -0.4 is 0 Å². The summed E-state index contributed by atoms with van der Waals surface area (Å²) in [6.45, 7) is 0. The lowest BCUT2D eigenvalue weighted by atomic mass is 10.00. The van der Waals surface area contributed by atoms with Gasteiger partial charge in [-0.05, 0) is 65.7 Å². The first kappa shape index (κ1) is 22.6. The summed E-state index contributed by atoms with van der Waals surface area (Å²) in [4.78, 5) is 10.00. The largest absolute Gasteiger partial charge is 0.456 e. The maximum Gasteiger partial charge on any atom is 0.135 e. The molecule has 0 unspecified atom stereocenters. The van der Waals surface area contributed by atoms with Crippen LogP contribution >= 0.6 is 0 Å². The third kappa shape index (κ3) is 3.73. The second-order valence-corrected chi connectivity index (χ2v) is 10.00. The minimum absolute atomic E-state index is 0.261. The van der Waals surface area contributed by atoms with Crippen molar-refractivity contribution < 1.29 is 8.81 Å². The third-order valence-electron chi connectivity index (χ3n) is 7.55. The molecule has 0 N–H and O–H groups in total. The van der Waals surface area contributed by atoms with Gasteiger partial charge in [0.15, 0.2) is 0 Å². The minimum atomic E-state index is -0.261. The summed E-state index contributed by atoms with van der Waals surface area (Å²) in [5.41, 5.74) is 9.33. The van der Waals surface area contributed by atoms with E-state index in [-0.39, 0.29) is 5.82 Å². The molecule has 0 spiro atoms. The summed E-state index contributed by atoms with van der Waals surface area (Å²) < 4.78 is 19.5. The van der Waals surface area contributed by atoms with Gasteiger partial charge in [-0.25, -0.2) is 14.4 Å². The maximum atomic E-state index is 13.5. The Hall–Kier alpha value is -5.35. The minimum Gasteiger partial charge on any atom is -0.456 e. The molecule has 4 heteroatoms. The smallest absolute Gasteiger partial charge is 0.135 e. The van der Waals surface area contributed by atoms with Crippen molar-refractivity contribution in [3.63, 3.8) is 0 Å². The molecule has 0 aliphatic carbocycles. The molecule has 0 amide bonds. The van der Waals surface area contributed by atoms with Gasteiger partial charge in [-0.15, -0.1) is 0 Å². The summed E-state index contributed by atoms with van der Waals surface area (Å²) in [5.74, 6) is -0.261. The van der Waals surface area contributed by atoms with Gasteiger partial charge in [0.2, 0.25) is 0 Å². The molecule has 0 saturated heterocycles. The predicted octanol–water partition coefficient (Wildman–Crippen LogP) is 9.82. The van der Waals surface area contributed by atoms with E-state index in [1.807, 2.05) is 36.4 Å². The van der Waals surface area contributed by atoms with Crippen molar-refractivity contribution in [2.24, 2.45) is 0 Å². The van der Waals surface area contributed by atoms with Crippen molar-refractivity contribution >= 4 is 43.7 Å². The van der Waals surface area contributed by atoms with Crippen LogP contribution in [0.3, 0.4) is 0 Å². The van der Waals surface area contributed by atoms with Crippen LogP contribution in [0.2, 0.25) is 0 Å². The summed E-state index contributed by atoms with van der Waals surface area (Å²) in [7, 11) is 0. The van der Waals surface area contributed by atoms with Crippen molar-refractivity contribution in [3.8, 4) is 33.6 Å². The zero-order chi connectivity index (χ0) is 26.6. The van der Waals surface area contributed by atoms with E-state index in [2.05, 4.69) is 66.7 Å². The number of halogens is 1. The number of pyridine rings is 2. The molecule has 3 nitrogen and oxygen atoms in total. The van der Waals surface area contributed by atoms with E-state index < -0.39 is 0 Å².